The van der Waals surface area contributed by atoms with Gasteiger partial charge in [-0.05, 0) is 37.6 Å². The highest BCUT2D eigenvalue weighted by Crippen LogP contribution is 2.36. The van der Waals surface area contributed by atoms with Crippen LogP contribution in [0.2, 0.25) is 0 Å². The number of aromatic nitrogens is 1. The van der Waals surface area contributed by atoms with Gasteiger partial charge in [-0.15, -0.1) is 0 Å². The average Bonchev–Trinajstić information content (AvgIpc) is 3.04. The summed E-state index contributed by atoms with van der Waals surface area (Å²) in [6, 6.07) is 3.41. The summed E-state index contributed by atoms with van der Waals surface area (Å²) in [5, 5.41) is 3.02. The number of alkyl halides is 5. The molecule has 1 aliphatic heterocycles. The number of hydrogen-bond acceptors (Lipinski definition) is 5. The molecule has 0 saturated carbocycles. The van der Waals surface area contributed by atoms with Crippen LogP contribution in [0.25, 0.3) is 0 Å². The van der Waals surface area contributed by atoms with Gasteiger partial charge in [0, 0.05) is 24.8 Å². The number of anilines is 1. The summed E-state index contributed by atoms with van der Waals surface area (Å²) in [7, 11) is 0. The lowest BCUT2D eigenvalue weighted by atomic mass is 10.1. The summed E-state index contributed by atoms with van der Waals surface area (Å²) < 4.78 is 72.4. The zero-order chi connectivity index (χ0) is 20.1. The molecule has 0 unspecified atom stereocenters. The lowest BCUT2D eigenvalue weighted by Gasteiger charge is -2.22. The Bertz CT molecular complexity index is 685. The van der Waals surface area contributed by atoms with E-state index < -0.39 is 29.7 Å². The predicted molar refractivity (Wildman–Crippen MR) is 86.4 cm³/mol. The maximum Gasteiger partial charge on any atom is 0.457 e. The molecule has 2 heterocycles. The highest BCUT2D eigenvalue weighted by molar-refractivity contribution is 5.89. The third kappa shape index (κ3) is 5.70. The van der Waals surface area contributed by atoms with Gasteiger partial charge in [0.15, 0.2) is 5.78 Å². The summed E-state index contributed by atoms with van der Waals surface area (Å²) in [5.41, 5.74) is 1.25. The summed E-state index contributed by atoms with van der Waals surface area (Å²) in [6.07, 6.45) is -4.22. The fourth-order valence-electron chi connectivity index (χ4n) is 2.32. The number of carbonyl (C=O) groups excluding carboxylic acids is 1. The van der Waals surface area contributed by atoms with Crippen molar-refractivity contribution < 1.29 is 36.2 Å². The molecular weight excluding hydrogens is 375 g/mol. The van der Waals surface area contributed by atoms with Crippen LogP contribution in [0.1, 0.15) is 25.5 Å². The average molecular weight is 394 g/mol. The van der Waals surface area contributed by atoms with Crippen LogP contribution in [0.3, 0.4) is 0 Å². The van der Waals surface area contributed by atoms with Crippen LogP contribution in [-0.2, 0) is 20.1 Å². The second kappa shape index (κ2) is 8.30. The zero-order valence-electron chi connectivity index (χ0n) is 14.5. The van der Waals surface area contributed by atoms with E-state index in [1.54, 1.807) is 25.3 Å². The van der Waals surface area contributed by atoms with E-state index in [4.69, 9.17) is 9.47 Å². The second-order valence-electron chi connectivity index (χ2n) is 6.02. The molecule has 2 rings (SSSR count). The smallest absolute Gasteiger partial charge is 0.385 e. The summed E-state index contributed by atoms with van der Waals surface area (Å²) >= 11 is 0. The van der Waals surface area contributed by atoms with Crippen molar-refractivity contribution in [1.29, 1.82) is 0 Å². The van der Waals surface area contributed by atoms with Gasteiger partial charge in [0.1, 0.15) is 5.69 Å². The van der Waals surface area contributed by atoms with E-state index in [0.29, 0.717) is 31.1 Å². The molecule has 27 heavy (non-hydrogen) atoms. The first-order valence-corrected chi connectivity index (χ1v) is 8.18. The van der Waals surface area contributed by atoms with E-state index in [1.807, 2.05) is 0 Å². The van der Waals surface area contributed by atoms with Crippen LogP contribution in [0.4, 0.5) is 27.6 Å². The molecule has 1 N–H and O–H groups in total. The lowest BCUT2D eigenvalue weighted by Crippen LogP contribution is -2.34. The van der Waals surface area contributed by atoms with Crippen molar-refractivity contribution in [1.82, 2.24) is 4.98 Å². The Morgan fingerprint density at radius 3 is 2.59 bits per heavy atom. The number of carbonyl (C=O) groups is 1. The molecule has 1 fully saturated rings. The van der Waals surface area contributed by atoms with Gasteiger partial charge in [0.2, 0.25) is 5.79 Å². The molecular formula is C17H19F5N2O3. The van der Waals surface area contributed by atoms with Crippen LogP contribution in [0, 0.1) is 0 Å². The van der Waals surface area contributed by atoms with E-state index in [1.165, 1.54) is 0 Å². The summed E-state index contributed by atoms with van der Waals surface area (Å²) in [6.45, 7) is 2.97. The number of ketones is 1. The molecule has 0 spiro atoms. The van der Waals surface area contributed by atoms with Gasteiger partial charge in [-0.2, -0.15) is 22.0 Å². The molecule has 1 aromatic rings. The SMILES string of the molecule is CC1(c2cc(NCCCC(=O)/C=C/C(F)(F)C(F)(F)F)ccn2)OCCO1. The van der Waals surface area contributed by atoms with Gasteiger partial charge >= 0.3 is 12.1 Å². The first kappa shape index (κ1) is 21.2. The minimum absolute atomic E-state index is 0.167. The molecule has 0 aromatic carbocycles. The third-order valence-electron chi connectivity index (χ3n) is 3.85. The molecule has 0 amide bonds. The number of halogens is 5. The number of rotatable bonds is 8. The molecule has 1 saturated heterocycles. The van der Waals surface area contributed by atoms with Crippen LogP contribution >= 0.6 is 0 Å². The quantitative estimate of drug-likeness (QED) is 0.413. The highest BCUT2D eigenvalue weighted by Gasteiger charge is 2.55. The number of pyridine rings is 1. The standard InChI is InChI=1S/C17H19F5N2O3/c1-15(26-9-10-27-15)14-11-12(5-8-24-14)23-7-2-3-13(25)4-6-16(18,19)17(20,21)22/h4-6,8,11H,2-3,7,9-10H2,1H3,(H,23,24)/b6-4+. The molecule has 0 bridgehead atoms. The van der Waals surface area contributed by atoms with Crippen molar-refractivity contribution in [3.63, 3.8) is 0 Å². The summed E-state index contributed by atoms with van der Waals surface area (Å²) in [4.78, 5) is 15.6. The van der Waals surface area contributed by atoms with Crippen molar-refractivity contribution >= 4 is 11.5 Å². The van der Waals surface area contributed by atoms with Gasteiger partial charge in [0.05, 0.1) is 13.2 Å². The van der Waals surface area contributed by atoms with E-state index in [-0.39, 0.29) is 18.9 Å². The highest BCUT2D eigenvalue weighted by atomic mass is 19.4. The Kier molecular flexibility index (Phi) is 6.53. The van der Waals surface area contributed by atoms with Gasteiger partial charge < -0.3 is 14.8 Å². The molecule has 0 radical (unpaired) electrons. The Morgan fingerprint density at radius 1 is 1.30 bits per heavy atom. The van der Waals surface area contributed by atoms with Crippen molar-refractivity contribution in [3.8, 4) is 0 Å². The van der Waals surface area contributed by atoms with Crippen molar-refractivity contribution in [2.75, 3.05) is 25.1 Å². The molecule has 5 nitrogen and oxygen atoms in total. The van der Waals surface area contributed by atoms with E-state index in [9.17, 15) is 26.7 Å². The minimum Gasteiger partial charge on any atom is -0.385 e. The molecule has 1 aliphatic rings. The molecule has 0 atom stereocenters. The minimum atomic E-state index is -5.71. The van der Waals surface area contributed by atoms with Crippen molar-refractivity contribution in [2.24, 2.45) is 0 Å². The van der Waals surface area contributed by atoms with Crippen molar-refractivity contribution in [3.05, 3.63) is 36.2 Å². The maximum absolute atomic E-state index is 12.7. The Balaban J connectivity index is 1.79. The normalized spacial score (nSPS) is 17.4. The Hall–Kier alpha value is -2.07. The maximum atomic E-state index is 12.7. The van der Waals surface area contributed by atoms with Gasteiger partial charge in [-0.25, -0.2) is 0 Å². The molecule has 150 valence electrons. The number of hydrogen-bond donors (Lipinski definition) is 1. The first-order chi connectivity index (χ1) is 12.5. The molecule has 1 aromatic heterocycles. The topological polar surface area (TPSA) is 60.5 Å². The Labute approximate surface area is 152 Å². The lowest BCUT2D eigenvalue weighted by molar-refractivity contribution is -0.259. The van der Waals surface area contributed by atoms with Crippen LogP contribution in [-0.4, -0.2) is 42.6 Å². The molecule has 0 aliphatic carbocycles. The number of ether oxygens (including phenoxy) is 2. The van der Waals surface area contributed by atoms with Gasteiger partial charge in [-0.1, -0.05) is 0 Å². The number of allylic oxidation sites excluding steroid dienone is 2. The van der Waals surface area contributed by atoms with E-state index in [0.717, 1.165) is 0 Å². The van der Waals surface area contributed by atoms with Crippen LogP contribution < -0.4 is 5.32 Å². The summed E-state index contributed by atoms with van der Waals surface area (Å²) in [5.74, 6) is -6.76. The monoisotopic (exact) mass is 394 g/mol. The predicted octanol–water partition coefficient (Wildman–Crippen LogP) is 3.82. The Morgan fingerprint density at radius 2 is 1.96 bits per heavy atom. The van der Waals surface area contributed by atoms with E-state index in [2.05, 4.69) is 10.3 Å². The number of nitrogens with zero attached hydrogens (tertiary/aromatic N) is 1. The first-order valence-electron chi connectivity index (χ1n) is 8.18. The third-order valence-corrected chi connectivity index (χ3v) is 3.85. The van der Waals surface area contributed by atoms with Gasteiger partial charge in [-0.3, -0.25) is 9.78 Å². The van der Waals surface area contributed by atoms with Crippen molar-refractivity contribution in [2.45, 2.75) is 37.7 Å². The zero-order valence-corrected chi connectivity index (χ0v) is 14.5. The van der Waals surface area contributed by atoms with Crippen LogP contribution in [0.15, 0.2) is 30.5 Å². The van der Waals surface area contributed by atoms with Gasteiger partial charge in [0.25, 0.3) is 0 Å². The van der Waals surface area contributed by atoms with Crippen LogP contribution in [0.5, 0.6) is 0 Å². The fourth-order valence-corrected chi connectivity index (χ4v) is 2.32. The second-order valence-corrected chi connectivity index (χ2v) is 6.02. The fraction of sp³-hybridized carbons (Fsp3) is 0.529. The number of nitrogens with one attached hydrogen (secondary N) is 1. The molecule has 10 heteroatoms. The van der Waals surface area contributed by atoms with E-state index >= 15 is 0 Å². The largest absolute Gasteiger partial charge is 0.457 e.